The van der Waals surface area contributed by atoms with Gasteiger partial charge in [0.05, 0.1) is 0 Å². The Morgan fingerprint density at radius 1 is 1.26 bits per heavy atom. The van der Waals surface area contributed by atoms with Crippen LogP contribution < -0.4 is 11.1 Å². The predicted octanol–water partition coefficient (Wildman–Crippen LogP) is 3.07. The number of primary amides is 1. The minimum Gasteiger partial charge on any atom is -0.444 e. The van der Waals surface area contributed by atoms with E-state index < -0.39 is 17.8 Å². The fourth-order valence-electron chi connectivity index (χ4n) is 2.25. The van der Waals surface area contributed by atoms with Crippen molar-refractivity contribution in [2.45, 2.75) is 46.3 Å². The van der Waals surface area contributed by atoms with Gasteiger partial charge in [0.25, 0.3) is 0 Å². The van der Waals surface area contributed by atoms with Crippen LogP contribution in [0.25, 0.3) is 0 Å². The first-order valence-electron chi connectivity index (χ1n) is 8.90. The number of nitrogens with zero attached hydrogens (tertiary/aromatic N) is 1. The highest BCUT2D eigenvalue weighted by Gasteiger charge is 2.27. The van der Waals surface area contributed by atoms with E-state index in [9.17, 15) is 9.59 Å². The molecular formula is C19H30N4O4. The number of hydrogen-bond acceptors (Lipinski definition) is 5. The Bertz CT molecular complexity index is 622. The molecule has 1 aliphatic rings. The number of nitrogens with one attached hydrogen (secondary N) is 2. The topological polar surface area (TPSA) is 118 Å². The molecule has 150 valence electrons. The standard InChI is InChI=1S/C14H19N3O2.C5H11NO2/c1-2-11-8-17(9-11)13(15)16-14(18)19-10-12-6-4-3-5-7-12;1-5(2,3)8-4(6)7/h3-7,11H,2,8-10H2,1H3,(H2,15,16,18);1-3H3,(H2,6,7). The number of amides is 2. The van der Waals surface area contributed by atoms with E-state index in [1.165, 1.54) is 0 Å². The molecule has 27 heavy (non-hydrogen) atoms. The molecule has 0 spiro atoms. The maximum atomic E-state index is 11.5. The quantitative estimate of drug-likeness (QED) is 0.552. The third-order valence-electron chi connectivity index (χ3n) is 3.69. The Morgan fingerprint density at radius 3 is 2.30 bits per heavy atom. The molecule has 1 aliphatic heterocycles. The number of carbonyl (C=O) groups excluding carboxylic acids is 2. The molecule has 1 heterocycles. The van der Waals surface area contributed by atoms with Gasteiger partial charge in [-0.2, -0.15) is 0 Å². The first kappa shape index (κ1) is 22.3. The molecule has 1 fully saturated rings. The second kappa shape index (κ2) is 10.4. The van der Waals surface area contributed by atoms with E-state index in [0.717, 1.165) is 25.1 Å². The molecule has 1 aromatic rings. The Balaban J connectivity index is 0.000000387. The van der Waals surface area contributed by atoms with Crippen molar-refractivity contribution < 1.29 is 19.1 Å². The van der Waals surface area contributed by atoms with E-state index in [2.05, 4.69) is 17.0 Å². The van der Waals surface area contributed by atoms with E-state index in [4.69, 9.17) is 15.9 Å². The zero-order valence-corrected chi connectivity index (χ0v) is 16.5. The highest BCUT2D eigenvalue weighted by atomic mass is 16.6. The van der Waals surface area contributed by atoms with E-state index in [-0.39, 0.29) is 12.6 Å². The van der Waals surface area contributed by atoms with Crippen LogP contribution >= 0.6 is 0 Å². The SMILES string of the molecule is CC(C)(C)OC(N)=O.CCC1CN(C(=N)NC(=O)OCc2ccccc2)C1. The van der Waals surface area contributed by atoms with Gasteiger partial charge in [-0.3, -0.25) is 10.7 Å². The van der Waals surface area contributed by atoms with Crippen LogP contribution in [0.1, 0.15) is 39.7 Å². The minimum atomic E-state index is -0.725. The fourth-order valence-corrected chi connectivity index (χ4v) is 2.25. The molecule has 0 radical (unpaired) electrons. The summed E-state index contributed by atoms with van der Waals surface area (Å²) < 4.78 is 9.63. The van der Waals surface area contributed by atoms with Crippen molar-refractivity contribution >= 4 is 18.1 Å². The second-order valence-corrected chi connectivity index (χ2v) is 7.25. The Hall–Kier alpha value is -2.77. The van der Waals surface area contributed by atoms with Crippen LogP contribution in [-0.4, -0.2) is 41.7 Å². The molecule has 0 bridgehead atoms. The van der Waals surface area contributed by atoms with Gasteiger partial charge in [-0.15, -0.1) is 0 Å². The van der Waals surface area contributed by atoms with Gasteiger partial charge in [0.15, 0.2) is 0 Å². The van der Waals surface area contributed by atoms with Gasteiger partial charge in [0.1, 0.15) is 12.2 Å². The molecule has 0 aliphatic carbocycles. The zero-order chi connectivity index (χ0) is 20.4. The lowest BCUT2D eigenvalue weighted by Gasteiger charge is -2.40. The van der Waals surface area contributed by atoms with E-state index >= 15 is 0 Å². The normalized spacial score (nSPS) is 13.6. The number of ether oxygens (including phenoxy) is 2. The van der Waals surface area contributed by atoms with Crippen molar-refractivity contribution in [1.82, 2.24) is 10.2 Å². The van der Waals surface area contributed by atoms with Crippen molar-refractivity contribution in [2.24, 2.45) is 11.7 Å². The Morgan fingerprint density at radius 2 is 1.85 bits per heavy atom. The summed E-state index contributed by atoms with van der Waals surface area (Å²) in [5, 5.41) is 10.2. The largest absolute Gasteiger partial charge is 0.444 e. The monoisotopic (exact) mass is 378 g/mol. The predicted molar refractivity (Wildman–Crippen MR) is 103 cm³/mol. The number of hydrogen-bond donors (Lipinski definition) is 3. The van der Waals surface area contributed by atoms with Gasteiger partial charge < -0.3 is 20.1 Å². The van der Waals surface area contributed by atoms with Crippen LogP contribution in [0.15, 0.2) is 30.3 Å². The Labute approximate surface area is 160 Å². The van der Waals surface area contributed by atoms with Crippen LogP contribution in [0.4, 0.5) is 9.59 Å². The molecule has 0 saturated carbocycles. The summed E-state index contributed by atoms with van der Waals surface area (Å²) in [5.74, 6) is 0.769. The second-order valence-electron chi connectivity index (χ2n) is 7.25. The first-order chi connectivity index (χ1) is 12.6. The number of likely N-dealkylation sites (tertiary alicyclic amines) is 1. The molecule has 1 saturated heterocycles. The highest BCUT2D eigenvalue weighted by molar-refractivity contribution is 5.92. The van der Waals surface area contributed by atoms with Crippen LogP contribution in [0.2, 0.25) is 0 Å². The summed E-state index contributed by atoms with van der Waals surface area (Å²) in [6.45, 7) is 9.32. The van der Waals surface area contributed by atoms with E-state index in [1.807, 2.05) is 35.2 Å². The van der Waals surface area contributed by atoms with Gasteiger partial charge >= 0.3 is 12.2 Å². The molecule has 0 aromatic heterocycles. The molecule has 1 aromatic carbocycles. The number of benzene rings is 1. The van der Waals surface area contributed by atoms with Crippen molar-refractivity contribution in [3.63, 3.8) is 0 Å². The maximum absolute atomic E-state index is 11.5. The van der Waals surface area contributed by atoms with Crippen LogP contribution in [0.3, 0.4) is 0 Å². The average Bonchev–Trinajstić information content (AvgIpc) is 2.51. The lowest BCUT2D eigenvalue weighted by molar-refractivity contribution is 0.0600. The number of carbonyl (C=O) groups is 2. The van der Waals surface area contributed by atoms with Gasteiger partial charge in [-0.05, 0) is 38.7 Å². The lowest BCUT2D eigenvalue weighted by atomic mass is 9.98. The zero-order valence-electron chi connectivity index (χ0n) is 16.5. The number of alkyl carbamates (subject to hydrolysis) is 1. The van der Waals surface area contributed by atoms with Crippen LogP contribution in [0.5, 0.6) is 0 Å². The van der Waals surface area contributed by atoms with Gasteiger partial charge in [-0.1, -0.05) is 37.3 Å². The van der Waals surface area contributed by atoms with Crippen LogP contribution in [-0.2, 0) is 16.1 Å². The van der Waals surface area contributed by atoms with E-state index in [0.29, 0.717) is 5.92 Å². The van der Waals surface area contributed by atoms with Gasteiger partial charge in [-0.25, -0.2) is 9.59 Å². The van der Waals surface area contributed by atoms with Crippen molar-refractivity contribution in [3.8, 4) is 0 Å². The summed E-state index contributed by atoms with van der Waals surface area (Å²) in [6, 6.07) is 9.47. The smallest absolute Gasteiger partial charge is 0.414 e. The molecule has 0 atom stereocenters. The van der Waals surface area contributed by atoms with Crippen molar-refractivity contribution in [1.29, 1.82) is 5.41 Å². The molecular weight excluding hydrogens is 348 g/mol. The lowest BCUT2D eigenvalue weighted by Crippen LogP contribution is -2.55. The molecule has 8 heteroatoms. The minimum absolute atomic E-state index is 0.128. The van der Waals surface area contributed by atoms with Crippen molar-refractivity contribution in [2.75, 3.05) is 13.1 Å². The number of nitrogens with two attached hydrogens (primary N) is 1. The highest BCUT2D eigenvalue weighted by Crippen LogP contribution is 2.17. The summed E-state index contributed by atoms with van der Waals surface area (Å²) in [5.41, 5.74) is 5.19. The number of guanidine groups is 1. The molecule has 2 amide bonds. The fraction of sp³-hybridized carbons (Fsp3) is 0.526. The third kappa shape index (κ3) is 9.48. The summed E-state index contributed by atoms with van der Waals surface area (Å²) in [7, 11) is 0. The molecule has 8 nitrogen and oxygen atoms in total. The number of rotatable bonds is 3. The molecule has 4 N–H and O–H groups in total. The van der Waals surface area contributed by atoms with E-state index in [1.54, 1.807) is 20.8 Å². The first-order valence-corrected chi connectivity index (χ1v) is 8.90. The molecule has 0 unspecified atom stereocenters. The Kier molecular flexibility index (Phi) is 8.58. The van der Waals surface area contributed by atoms with Gasteiger partial charge in [0.2, 0.25) is 5.96 Å². The third-order valence-corrected chi connectivity index (χ3v) is 3.69. The van der Waals surface area contributed by atoms with Gasteiger partial charge in [0, 0.05) is 13.1 Å². The summed E-state index contributed by atoms with van der Waals surface area (Å²) in [4.78, 5) is 23.4. The average molecular weight is 378 g/mol. The van der Waals surface area contributed by atoms with Crippen molar-refractivity contribution in [3.05, 3.63) is 35.9 Å². The summed E-state index contributed by atoms with van der Waals surface area (Å²) >= 11 is 0. The maximum Gasteiger partial charge on any atom is 0.414 e. The van der Waals surface area contributed by atoms with Crippen LogP contribution in [0, 0.1) is 11.3 Å². The summed E-state index contributed by atoms with van der Waals surface area (Å²) in [6.07, 6.45) is -0.186. The molecule has 2 rings (SSSR count).